The van der Waals surface area contributed by atoms with Crippen molar-refractivity contribution in [2.24, 2.45) is 0 Å². The molecule has 184 valence electrons. The van der Waals surface area contributed by atoms with E-state index in [4.69, 9.17) is 0 Å². The van der Waals surface area contributed by atoms with E-state index in [0.717, 1.165) is 6.07 Å². The number of carbonyl (C=O) groups is 1. The maximum atomic E-state index is 13.1. The summed E-state index contributed by atoms with van der Waals surface area (Å²) in [5.41, 5.74) is 0.768. The van der Waals surface area contributed by atoms with Crippen LogP contribution in [0.5, 0.6) is 0 Å². The number of nitrogens with zero attached hydrogens (tertiary/aromatic N) is 3. The Balaban J connectivity index is 1.42. The first-order valence-electron chi connectivity index (χ1n) is 10.3. The van der Waals surface area contributed by atoms with Gasteiger partial charge in [0.05, 0.1) is 16.9 Å². The van der Waals surface area contributed by atoms with Gasteiger partial charge >= 0.3 is 12.1 Å². The lowest BCUT2D eigenvalue weighted by Gasteiger charge is -2.19. The molecule has 1 amide bonds. The molecule has 0 spiro atoms. The van der Waals surface area contributed by atoms with Crippen molar-refractivity contribution >= 4 is 21.6 Å². The second-order valence-corrected chi connectivity index (χ2v) is 9.47. The molecular weight excluding hydrogens is 492 g/mol. The van der Waals surface area contributed by atoms with Crippen molar-refractivity contribution < 1.29 is 30.8 Å². The van der Waals surface area contributed by atoms with Gasteiger partial charge < -0.3 is 4.90 Å². The Morgan fingerprint density at radius 1 is 1.09 bits per heavy atom. The van der Waals surface area contributed by atoms with Crippen LogP contribution in [0.1, 0.15) is 5.56 Å². The van der Waals surface area contributed by atoms with Gasteiger partial charge in [-0.3, -0.25) is 14.2 Å². The monoisotopic (exact) mass is 510 g/mol. The van der Waals surface area contributed by atoms with Crippen molar-refractivity contribution in [3.8, 4) is 11.3 Å². The van der Waals surface area contributed by atoms with Crippen LogP contribution in [-0.2, 0) is 27.8 Å². The number of amides is 1. The van der Waals surface area contributed by atoms with Gasteiger partial charge in [0.25, 0.3) is 5.56 Å². The Kier molecular flexibility index (Phi) is 6.47. The van der Waals surface area contributed by atoms with E-state index in [2.05, 4.69) is 9.71 Å². The van der Waals surface area contributed by atoms with E-state index in [1.165, 1.54) is 53.4 Å². The van der Waals surface area contributed by atoms with Gasteiger partial charge in [-0.05, 0) is 54.4 Å². The summed E-state index contributed by atoms with van der Waals surface area (Å²) in [6.45, 7) is -0.391. The average Bonchev–Trinajstić information content (AvgIpc) is 3.22. The molecule has 2 aromatic carbocycles. The highest BCUT2D eigenvalue weighted by Crippen LogP contribution is 2.33. The Hall–Kier alpha value is -3.58. The molecule has 4 rings (SSSR count). The summed E-state index contributed by atoms with van der Waals surface area (Å²) in [6, 6.07) is 10.2. The molecule has 13 heteroatoms. The van der Waals surface area contributed by atoms with Crippen molar-refractivity contribution in [1.29, 1.82) is 0 Å². The standard InChI is InChI=1S/C22H18F4N4O4S/c23-16-3-1-14(2-4-16)18-12-20(31)29(13-27-18)10-8-28-35(33,34)17-5-6-19-15(11-17)7-9-30(19)21(32)22(24,25)26/h1-6,11-13,28H,7-10H2. The third kappa shape index (κ3) is 5.25. The molecule has 1 aromatic heterocycles. The maximum Gasteiger partial charge on any atom is 0.471 e. The largest absolute Gasteiger partial charge is 0.471 e. The van der Waals surface area contributed by atoms with Gasteiger partial charge in [-0.2, -0.15) is 13.2 Å². The van der Waals surface area contributed by atoms with Crippen LogP contribution in [0.4, 0.5) is 23.2 Å². The van der Waals surface area contributed by atoms with Crippen molar-refractivity contribution in [3.63, 3.8) is 0 Å². The summed E-state index contributed by atoms with van der Waals surface area (Å²) in [5, 5.41) is 0. The molecular formula is C22H18F4N4O4S. The number of alkyl halides is 3. The summed E-state index contributed by atoms with van der Waals surface area (Å²) in [5.74, 6) is -2.43. The first kappa shape index (κ1) is 24.5. The van der Waals surface area contributed by atoms with Gasteiger partial charge in [0.15, 0.2) is 0 Å². The molecule has 0 atom stereocenters. The quantitative estimate of drug-likeness (QED) is 0.514. The molecule has 1 aliphatic heterocycles. The number of carbonyl (C=O) groups excluding carboxylic acids is 1. The molecule has 0 fully saturated rings. The van der Waals surface area contributed by atoms with Crippen molar-refractivity contribution in [1.82, 2.24) is 14.3 Å². The second-order valence-electron chi connectivity index (χ2n) is 7.71. The fourth-order valence-electron chi connectivity index (χ4n) is 3.67. The smallest absolute Gasteiger partial charge is 0.304 e. The number of hydrogen-bond donors (Lipinski definition) is 1. The molecule has 0 bridgehead atoms. The second kappa shape index (κ2) is 9.23. The summed E-state index contributed by atoms with van der Waals surface area (Å²) in [4.78, 5) is 28.4. The number of anilines is 1. The van der Waals surface area contributed by atoms with E-state index in [0.29, 0.717) is 21.7 Å². The van der Waals surface area contributed by atoms with Crippen molar-refractivity contribution in [3.05, 3.63) is 76.6 Å². The van der Waals surface area contributed by atoms with E-state index in [9.17, 15) is 35.6 Å². The van der Waals surface area contributed by atoms with Crippen LogP contribution in [0.2, 0.25) is 0 Å². The molecule has 0 saturated heterocycles. The average molecular weight is 510 g/mol. The van der Waals surface area contributed by atoms with Crippen LogP contribution in [0.15, 0.2) is 64.5 Å². The lowest BCUT2D eigenvalue weighted by atomic mass is 10.1. The minimum Gasteiger partial charge on any atom is -0.304 e. The third-order valence-electron chi connectivity index (χ3n) is 5.41. The van der Waals surface area contributed by atoms with Crippen LogP contribution in [0.25, 0.3) is 11.3 Å². The zero-order valence-corrected chi connectivity index (χ0v) is 18.7. The SMILES string of the molecule is O=C(N1CCc2cc(S(=O)(=O)NCCn3cnc(-c4ccc(F)cc4)cc3=O)ccc21)C(F)(F)F. The Labute approximate surface area is 196 Å². The Morgan fingerprint density at radius 3 is 2.46 bits per heavy atom. The number of halogens is 4. The molecule has 0 unspecified atom stereocenters. The van der Waals surface area contributed by atoms with Crippen LogP contribution < -0.4 is 15.2 Å². The van der Waals surface area contributed by atoms with Gasteiger partial charge in [0.1, 0.15) is 5.82 Å². The van der Waals surface area contributed by atoms with Gasteiger partial charge in [0.2, 0.25) is 10.0 Å². The number of fused-ring (bicyclic) bond motifs is 1. The van der Waals surface area contributed by atoms with Crippen LogP contribution in [0, 0.1) is 5.82 Å². The molecule has 0 aliphatic carbocycles. The van der Waals surface area contributed by atoms with Gasteiger partial charge in [-0.1, -0.05) is 0 Å². The molecule has 35 heavy (non-hydrogen) atoms. The topological polar surface area (TPSA) is 101 Å². The maximum absolute atomic E-state index is 13.1. The molecule has 8 nitrogen and oxygen atoms in total. The van der Waals surface area contributed by atoms with Crippen LogP contribution in [-0.4, -0.2) is 43.1 Å². The van der Waals surface area contributed by atoms with E-state index >= 15 is 0 Å². The highest BCUT2D eigenvalue weighted by Gasteiger charge is 2.44. The number of aromatic nitrogens is 2. The van der Waals surface area contributed by atoms with Gasteiger partial charge in [-0.15, -0.1) is 0 Å². The van der Waals surface area contributed by atoms with E-state index in [1.54, 1.807) is 0 Å². The summed E-state index contributed by atoms with van der Waals surface area (Å²) in [6.07, 6.45) is -3.70. The molecule has 1 N–H and O–H groups in total. The predicted molar refractivity (Wildman–Crippen MR) is 118 cm³/mol. The highest BCUT2D eigenvalue weighted by molar-refractivity contribution is 7.89. The fraction of sp³-hybridized carbons (Fsp3) is 0.227. The number of hydrogen-bond acceptors (Lipinski definition) is 5. The highest BCUT2D eigenvalue weighted by atomic mass is 32.2. The normalized spacial score (nSPS) is 13.7. The van der Waals surface area contributed by atoms with Gasteiger partial charge in [0, 0.05) is 37.0 Å². The molecule has 0 radical (unpaired) electrons. The van der Waals surface area contributed by atoms with Crippen LogP contribution in [0.3, 0.4) is 0 Å². The lowest BCUT2D eigenvalue weighted by Crippen LogP contribution is -2.40. The molecule has 0 saturated carbocycles. The van der Waals surface area contributed by atoms with E-state index < -0.39 is 33.5 Å². The number of rotatable bonds is 6. The van der Waals surface area contributed by atoms with Crippen molar-refractivity contribution in [2.75, 3.05) is 18.0 Å². The van der Waals surface area contributed by atoms with E-state index in [1.807, 2.05) is 0 Å². The predicted octanol–water partition coefficient (Wildman–Crippen LogP) is 2.48. The summed E-state index contributed by atoms with van der Waals surface area (Å²) >= 11 is 0. The molecule has 1 aliphatic rings. The number of nitrogens with one attached hydrogen (secondary N) is 1. The van der Waals surface area contributed by atoms with Crippen LogP contribution >= 0.6 is 0 Å². The lowest BCUT2D eigenvalue weighted by molar-refractivity contribution is -0.170. The summed E-state index contributed by atoms with van der Waals surface area (Å²) in [7, 11) is -4.03. The Morgan fingerprint density at radius 2 is 1.80 bits per heavy atom. The zero-order chi connectivity index (χ0) is 25.4. The zero-order valence-electron chi connectivity index (χ0n) is 17.9. The van der Waals surface area contributed by atoms with Crippen molar-refractivity contribution in [2.45, 2.75) is 24.0 Å². The fourth-order valence-corrected chi connectivity index (χ4v) is 4.74. The third-order valence-corrected chi connectivity index (χ3v) is 6.87. The van der Waals surface area contributed by atoms with Gasteiger partial charge in [-0.25, -0.2) is 22.5 Å². The summed E-state index contributed by atoms with van der Waals surface area (Å²) < 4.78 is 80.1. The first-order valence-corrected chi connectivity index (χ1v) is 11.8. The van der Waals surface area contributed by atoms with E-state index in [-0.39, 0.29) is 36.6 Å². The molecule has 3 aromatic rings. The first-order chi connectivity index (χ1) is 16.5. The number of sulfonamides is 1. The molecule has 2 heterocycles. The number of benzene rings is 2. The minimum absolute atomic E-state index is 0.0187. The Bertz CT molecular complexity index is 1440. The minimum atomic E-state index is -5.03.